The van der Waals surface area contributed by atoms with Gasteiger partial charge in [-0.3, -0.25) is 9.59 Å². The van der Waals surface area contributed by atoms with Gasteiger partial charge in [0.05, 0.1) is 11.8 Å². The molecule has 1 N–H and O–H groups in total. The van der Waals surface area contributed by atoms with Crippen LogP contribution in [0.1, 0.15) is 140 Å². The van der Waals surface area contributed by atoms with Gasteiger partial charge in [-0.05, 0) is 123 Å². The average molecular weight is 555 g/mol. The molecule has 0 aromatic rings. The summed E-state index contributed by atoms with van der Waals surface area (Å²) in [7, 11) is 0. The second-order valence-electron chi connectivity index (χ2n) is 18.1. The minimum Gasteiger partial charge on any atom is -0.481 e. The van der Waals surface area contributed by atoms with Crippen LogP contribution in [0.25, 0.3) is 0 Å². The molecule has 4 fully saturated rings. The molecule has 0 amide bonds. The van der Waals surface area contributed by atoms with Gasteiger partial charge in [-0.15, -0.1) is 0 Å². The van der Waals surface area contributed by atoms with Crippen LogP contribution in [0.5, 0.6) is 0 Å². The molecule has 4 heteroatoms. The van der Waals surface area contributed by atoms with Gasteiger partial charge in [-0.2, -0.15) is 0 Å². The van der Waals surface area contributed by atoms with E-state index in [1.807, 2.05) is 5.57 Å². The van der Waals surface area contributed by atoms with Gasteiger partial charge in [-0.25, -0.2) is 0 Å². The van der Waals surface area contributed by atoms with Crippen LogP contribution >= 0.6 is 0 Å². The first-order valence-corrected chi connectivity index (χ1v) is 16.4. The topological polar surface area (TPSA) is 63.6 Å². The van der Waals surface area contributed by atoms with Crippen molar-refractivity contribution < 1.29 is 19.4 Å². The van der Waals surface area contributed by atoms with Gasteiger partial charge in [0.1, 0.15) is 6.10 Å². The Bertz CT molecular complexity index is 1100. The van der Waals surface area contributed by atoms with Crippen molar-refractivity contribution in [3.05, 3.63) is 11.6 Å². The maximum absolute atomic E-state index is 12.9. The Morgan fingerprint density at radius 1 is 0.900 bits per heavy atom. The predicted octanol–water partition coefficient (Wildman–Crippen LogP) is 9.22. The Hall–Kier alpha value is -1.32. The number of hydrogen-bond acceptors (Lipinski definition) is 3. The van der Waals surface area contributed by atoms with Crippen LogP contribution in [0.15, 0.2) is 11.6 Å². The first kappa shape index (κ1) is 30.1. The summed E-state index contributed by atoms with van der Waals surface area (Å²) >= 11 is 0. The minimum absolute atomic E-state index is 0.0830. The summed E-state index contributed by atoms with van der Waals surface area (Å²) in [4.78, 5) is 24.5. The number of aliphatic carboxylic acids is 1. The van der Waals surface area contributed by atoms with Crippen molar-refractivity contribution in [3.8, 4) is 0 Å². The number of ether oxygens (including phenoxy) is 1. The Kier molecular flexibility index (Phi) is 6.85. The van der Waals surface area contributed by atoms with Crippen LogP contribution in [0.3, 0.4) is 0 Å². The largest absolute Gasteiger partial charge is 0.481 e. The number of rotatable bonds is 4. The highest BCUT2D eigenvalue weighted by molar-refractivity contribution is 5.81. The van der Waals surface area contributed by atoms with Gasteiger partial charge < -0.3 is 9.84 Å². The van der Waals surface area contributed by atoms with Crippen molar-refractivity contribution in [2.75, 3.05) is 0 Å². The Balaban J connectivity index is 1.42. The van der Waals surface area contributed by atoms with Gasteiger partial charge in [0, 0.05) is 5.41 Å². The molecular formula is C36H58O4. The molecule has 1 unspecified atom stereocenters. The smallest absolute Gasteiger partial charge is 0.309 e. The summed E-state index contributed by atoms with van der Waals surface area (Å²) in [5, 5.41) is 9.52. The molecule has 0 aromatic heterocycles. The van der Waals surface area contributed by atoms with Crippen LogP contribution in [0.2, 0.25) is 0 Å². The molecule has 4 saturated carbocycles. The van der Waals surface area contributed by atoms with E-state index >= 15 is 0 Å². The van der Waals surface area contributed by atoms with Gasteiger partial charge in [0.2, 0.25) is 0 Å². The number of allylic oxidation sites excluding steroid dienone is 2. The van der Waals surface area contributed by atoms with Crippen molar-refractivity contribution >= 4 is 11.9 Å². The quantitative estimate of drug-likeness (QED) is 0.278. The average Bonchev–Trinajstić information content (AvgIpc) is 2.82. The van der Waals surface area contributed by atoms with Crippen molar-refractivity contribution in [3.63, 3.8) is 0 Å². The lowest BCUT2D eigenvalue weighted by molar-refractivity contribution is -0.213. The second kappa shape index (κ2) is 9.09. The molecule has 0 heterocycles. The lowest BCUT2D eigenvalue weighted by atomic mass is 9.33. The summed E-state index contributed by atoms with van der Waals surface area (Å²) in [6.07, 6.45) is 14.8. The molecule has 5 rings (SSSR count). The lowest BCUT2D eigenvalue weighted by Crippen LogP contribution is -2.64. The van der Waals surface area contributed by atoms with E-state index in [-0.39, 0.29) is 40.2 Å². The van der Waals surface area contributed by atoms with E-state index in [4.69, 9.17) is 4.74 Å². The van der Waals surface area contributed by atoms with Crippen molar-refractivity contribution in [2.45, 2.75) is 146 Å². The fourth-order valence-corrected chi connectivity index (χ4v) is 11.3. The third-order valence-electron chi connectivity index (χ3n) is 14.4. The molecule has 0 radical (unpaired) electrons. The Labute approximate surface area is 244 Å². The highest BCUT2D eigenvalue weighted by Crippen LogP contribution is 2.75. The van der Waals surface area contributed by atoms with E-state index in [0.29, 0.717) is 22.7 Å². The molecule has 5 aliphatic rings. The van der Waals surface area contributed by atoms with Crippen LogP contribution in [-0.4, -0.2) is 23.1 Å². The Morgan fingerprint density at radius 2 is 1.55 bits per heavy atom. The molecule has 0 spiro atoms. The first-order valence-electron chi connectivity index (χ1n) is 16.4. The van der Waals surface area contributed by atoms with Gasteiger partial charge in [0.25, 0.3) is 0 Å². The van der Waals surface area contributed by atoms with Crippen molar-refractivity contribution in [1.29, 1.82) is 0 Å². The van der Waals surface area contributed by atoms with Gasteiger partial charge in [-0.1, -0.05) is 67.0 Å². The number of carbonyl (C=O) groups excluding carboxylic acids is 1. The van der Waals surface area contributed by atoms with Crippen LogP contribution in [0, 0.1) is 55.7 Å². The van der Waals surface area contributed by atoms with E-state index in [0.717, 1.165) is 18.8 Å². The van der Waals surface area contributed by atoms with E-state index in [9.17, 15) is 14.7 Å². The molecule has 0 aromatic carbocycles. The van der Waals surface area contributed by atoms with Gasteiger partial charge in [0.15, 0.2) is 0 Å². The van der Waals surface area contributed by atoms with Crippen molar-refractivity contribution in [1.82, 2.24) is 0 Å². The SMILES string of the molecule is CC1(C)CCC2(C)CC[C@]3(C)C(=CC[C@@H]4[C@@]5(C)CC[C@H](OC(=O)CC(C)(C)C(=O)O)C(C)(C)[C@@H]5CC[C@]43C)[C@@H]2C1. The molecule has 40 heavy (non-hydrogen) atoms. The highest BCUT2D eigenvalue weighted by atomic mass is 16.5. The molecule has 8 atom stereocenters. The number of carbonyl (C=O) groups is 2. The zero-order valence-corrected chi connectivity index (χ0v) is 27.3. The predicted molar refractivity (Wildman–Crippen MR) is 161 cm³/mol. The molecule has 0 saturated heterocycles. The highest BCUT2D eigenvalue weighted by Gasteiger charge is 2.68. The zero-order chi connectivity index (χ0) is 29.7. The third-order valence-corrected chi connectivity index (χ3v) is 14.4. The van der Waals surface area contributed by atoms with Crippen LogP contribution in [0.4, 0.5) is 0 Å². The third kappa shape index (κ3) is 4.26. The summed E-state index contributed by atoms with van der Waals surface area (Å²) in [5.41, 5.74) is 2.22. The lowest BCUT2D eigenvalue weighted by Gasteiger charge is -2.71. The molecule has 4 nitrogen and oxygen atoms in total. The molecular weight excluding hydrogens is 496 g/mol. The van der Waals surface area contributed by atoms with E-state index in [2.05, 4.69) is 61.5 Å². The number of hydrogen-bond donors (Lipinski definition) is 1. The standard InChI is InChI=1S/C36H58O4/c1-30(2)17-18-33(7)19-20-35(9)23(24(33)21-30)11-12-26-34(8)15-14-27(40-28(37)22-31(3,4)29(38)39)32(5,6)25(34)13-16-36(26,35)10/h11,24-27H,12-22H2,1-10H3,(H,38,39)/t24-,25-,26+,27-,33?,34-,35+,36+/m0/s1. The zero-order valence-electron chi connectivity index (χ0n) is 27.3. The maximum atomic E-state index is 12.9. The summed E-state index contributed by atoms with van der Waals surface area (Å²) in [6.45, 7) is 23.3. The number of esters is 1. The Morgan fingerprint density at radius 3 is 2.20 bits per heavy atom. The van der Waals surface area contributed by atoms with E-state index in [1.54, 1.807) is 13.8 Å². The molecule has 226 valence electrons. The fourth-order valence-electron chi connectivity index (χ4n) is 11.3. The molecule has 5 aliphatic carbocycles. The van der Waals surface area contributed by atoms with Crippen LogP contribution in [-0.2, 0) is 14.3 Å². The maximum Gasteiger partial charge on any atom is 0.309 e. The van der Waals surface area contributed by atoms with E-state index < -0.39 is 11.4 Å². The number of carboxylic acids is 1. The number of carboxylic acid groups (broad SMARTS) is 1. The molecule has 0 bridgehead atoms. The number of fused-ring (bicyclic) bond motifs is 7. The summed E-state index contributed by atoms with van der Waals surface area (Å²) in [5.74, 6) is 0.520. The summed E-state index contributed by atoms with van der Waals surface area (Å²) < 4.78 is 6.13. The minimum atomic E-state index is -1.11. The first-order chi connectivity index (χ1) is 18.2. The van der Waals surface area contributed by atoms with Crippen molar-refractivity contribution in [2.24, 2.45) is 55.7 Å². The normalized spacial score (nSPS) is 45.6. The summed E-state index contributed by atoms with van der Waals surface area (Å²) in [6, 6.07) is 0. The van der Waals surface area contributed by atoms with Crippen LogP contribution < -0.4 is 0 Å². The van der Waals surface area contributed by atoms with Gasteiger partial charge >= 0.3 is 11.9 Å². The van der Waals surface area contributed by atoms with E-state index in [1.165, 1.54) is 51.4 Å². The monoisotopic (exact) mass is 554 g/mol. The fraction of sp³-hybridized carbons (Fsp3) is 0.889. The molecule has 0 aliphatic heterocycles. The second-order valence-corrected chi connectivity index (χ2v) is 18.1.